The maximum absolute atomic E-state index is 11.1. The van der Waals surface area contributed by atoms with E-state index >= 15 is 0 Å². The monoisotopic (exact) mass is 216 g/mol. The summed E-state index contributed by atoms with van der Waals surface area (Å²) in [6.45, 7) is 4.54. The lowest BCUT2D eigenvalue weighted by atomic mass is 10.1. The van der Waals surface area contributed by atoms with Crippen molar-refractivity contribution < 1.29 is 19.1 Å². The fourth-order valence-corrected chi connectivity index (χ4v) is 0.988. The highest BCUT2D eigenvalue weighted by molar-refractivity contribution is 5.80. The predicted molar refractivity (Wildman–Crippen MR) is 56.5 cm³/mol. The number of hydrogen-bond donors (Lipinski definition) is 0. The van der Waals surface area contributed by atoms with Gasteiger partial charge in [0.15, 0.2) is 0 Å². The van der Waals surface area contributed by atoms with E-state index in [2.05, 4.69) is 0 Å². The summed E-state index contributed by atoms with van der Waals surface area (Å²) in [5.74, 6) is 0.0140. The van der Waals surface area contributed by atoms with Crippen molar-refractivity contribution >= 4 is 11.8 Å². The number of ketones is 1. The van der Waals surface area contributed by atoms with E-state index in [1.165, 1.54) is 6.92 Å². The van der Waals surface area contributed by atoms with Gasteiger partial charge >= 0.3 is 5.97 Å². The normalized spacial score (nSPS) is 12.2. The molecular weight excluding hydrogens is 196 g/mol. The first-order valence-corrected chi connectivity index (χ1v) is 5.20. The molecule has 0 aromatic heterocycles. The number of hydrogen-bond acceptors (Lipinski definition) is 4. The van der Waals surface area contributed by atoms with E-state index in [9.17, 15) is 9.59 Å². The Labute approximate surface area is 90.9 Å². The van der Waals surface area contributed by atoms with Crippen molar-refractivity contribution in [3.63, 3.8) is 0 Å². The van der Waals surface area contributed by atoms with Gasteiger partial charge < -0.3 is 14.3 Å². The van der Waals surface area contributed by atoms with Crippen LogP contribution in [-0.2, 0) is 19.1 Å². The van der Waals surface area contributed by atoms with Crippen LogP contribution < -0.4 is 0 Å². The van der Waals surface area contributed by atoms with Gasteiger partial charge in [0.05, 0.1) is 13.0 Å². The molecule has 0 saturated heterocycles. The summed E-state index contributed by atoms with van der Waals surface area (Å²) in [7, 11) is 1.64. The number of carbonyl (C=O) groups excluding carboxylic acids is 2. The Hall–Kier alpha value is -0.900. The third-order valence-electron chi connectivity index (χ3n) is 2.02. The van der Waals surface area contributed by atoms with E-state index in [0.29, 0.717) is 19.1 Å². The molecule has 0 fully saturated rings. The van der Waals surface area contributed by atoms with Crippen molar-refractivity contribution in [2.45, 2.75) is 33.1 Å². The maximum Gasteiger partial charge on any atom is 0.306 e. The van der Waals surface area contributed by atoms with Gasteiger partial charge in [-0.15, -0.1) is 0 Å². The summed E-state index contributed by atoms with van der Waals surface area (Å²) in [4.78, 5) is 21.7. The molecule has 4 nitrogen and oxygen atoms in total. The van der Waals surface area contributed by atoms with Crippen LogP contribution in [0.4, 0.5) is 0 Å². The van der Waals surface area contributed by atoms with E-state index in [0.717, 1.165) is 6.42 Å². The molecule has 0 saturated carbocycles. The average molecular weight is 216 g/mol. The van der Waals surface area contributed by atoms with Gasteiger partial charge in [-0.1, -0.05) is 6.92 Å². The van der Waals surface area contributed by atoms with Crippen LogP contribution in [0.1, 0.15) is 33.1 Å². The average Bonchev–Trinajstić information content (AvgIpc) is 2.20. The molecule has 15 heavy (non-hydrogen) atoms. The first kappa shape index (κ1) is 14.1. The van der Waals surface area contributed by atoms with Gasteiger partial charge in [-0.05, 0) is 19.3 Å². The SMILES string of the molecule is COCCC(C)COC(=O)CCC(C)=O. The van der Waals surface area contributed by atoms with Gasteiger partial charge in [0.2, 0.25) is 0 Å². The Balaban J connectivity index is 3.48. The minimum Gasteiger partial charge on any atom is -0.465 e. The molecule has 4 heteroatoms. The standard InChI is InChI=1S/C11H20O4/c1-9(6-7-14-3)8-15-11(13)5-4-10(2)12/h9H,4-8H2,1-3H3. The molecule has 1 atom stereocenters. The van der Waals surface area contributed by atoms with Crippen molar-refractivity contribution in [3.05, 3.63) is 0 Å². The second kappa shape index (κ2) is 8.41. The molecule has 0 spiro atoms. The second-order valence-electron chi connectivity index (χ2n) is 3.77. The minimum absolute atomic E-state index is 0.0133. The molecule has 1 unspecified atom stereocenters. The highest BCUT2D eigenvalue weighted by Gasteiger charge is 2.08. The van der Waals surface area contributed by atoms with Crippen molar-refractivity contribution in [2.75, 3.05) is 20.3 Å². The molecule has 0 aliphatic rings. The summed E-state index contributed by atoms with van der Waals surface area (Å²) >= 11 is 0. The Bertz CT molecular complexity index is 201. The molecular formula is C11H20O4. The van der Waals surface area contributed by atoms with Crippen molar-refractivity contribution in [1.29, 1.82) is 0 Å². The highest BCUT2D eigenvalue weighted by Crippen LogP contribution is 2.04. The minimum atomic E-state index is -0.297. The van der Waals surface area contributed by atoms with Crippen LogP contribution in [0.15, 0.2) is 0 Å². The van der Waals surface area contributed by atoms with E-state index in [-0.39, 0.29) is 24.6 Å². The predicted octanol–water partition coefficient (Wildman–Crippen LogP) is 1.57. The first-order chi connectivity index (χ1) is 7.06. The molecule has 88 valence electrons. The first-order valence-electron chi connectivity index (χ1n) is 5.20. The van der Waals surface area contributed by atoms with Crippen LogP contribution in [0.5, 0.6) is 0 Å². The molecule has 0 bridgehead atoms. The van der Waals surface area contributed by atoms with Gasteiger partial charge in [0.25, 0.3) is 0 Å². The summed E-state index contributed by atoms with van der Waals surface area (Å²) in [6, 6.07) is 0. The molecule has 0 aliphatic carbocycles. The largest absolute Gasteiger partial charge is 0.465 e. The van der Waals surface area contributed by atoms with E-state index in [1.807, 2.05) is 6.92 Å². The Morgan fingerprint density at radius 3 is 2.47 bits per heavy atom. The van der Waals surface area contributed by atoms with E-state index in [1.54, 1.807) is 7.11 Å². The van der Waals surface area contributed by atoms with E-state index < -0.39 is 0 Å². The van der Waals surface area contributed by atoms with Crippen molar-refractivity contribution in [1.82, 2.24) is 0 Å². The third-order valence-corrected chi connectivity index (χ3v) is 2.02. The fraction of sp³-hybridized carbons (Fsp3) is 0.818. The number of Topliss-reactive ketones (excluding diaryl/α,β-unsaturated/α-hetero) is 1. The lowest BCUT2D eigenvalue weighted by Crippen LogP contribution is -2.13. The van der Waals surface area contributed by atoms with Gasteiger partial charge in [-0.2, -0.15) is 0 Å². The van der Waals surface area contributed by atoms with E-state index in [4.69, 9.17) is 9.47 Å². The van der Waals surface area contributed by atoms with Crippen molar-refractivity contribution in [3.8, 4) is 0 Å². The third kappa shape index (κ3) is 9.41. The molecule has 0 rings (SSSR count). The molecule has 0 aromatic carbocycles. The number of methoxy groups -OCH3 is 1. The summed E-state index contributed by atoms with van der Waals surface area (Å²) in [6.07, 6.45) is 1.33. The summed E-state index contributed by atoms with van der Waals surface area (Å²) in [5.41, 5.74) is 0. The quantitative estimate of drug-likeness (QED) is 0.578. The zero-order valence-electron chi connectivity index (χ0n) is 9.75. The summed E-state index contributed by atoms with van der Waals surface area (Å²) < 4.78 is 9.92. The van der Waals surface area contributed by atoms with Crippen LogP contribution in [0.25, 0.3) is 0 Å². The van der Waals surface area contributed by atoms with Crippen LogP contribution >= 0.6 is 0 Å². The second-order valence-corrected chi connectivity index (χ2v) is 3.77. The lowest BCUT2D eigenvalue weighted by Gasteiger charge is -2.11. The maximum atomic E-state index is 11.1. The van der Waals surface area contributed by atoms with Gasteiger partial charge in [0.1, 0.15) is 5.78 Å². The smallest absolute Gasteiger partial charge is 0.306 e. The lowest BCUT2D eigenvalue weighted by molar-refractivity contribution is -0.146. The number of carbonyl (C=O) groups is 2. The zero-order valence-corrected chi connectivity index (χ0v) is 9.75. The molecule has 0 radical (unpaired) electrons. The van der Waals surface area contributed by atoms with Crippen LogP contribution in [-0.4, -0.2) is 32.1 Å². The summed E-state index contributed by atoms with van der Waals surface area (Å²) in [5, 5.41) is 0. The number of rotatable bonds is 8. The molecule has 0 aliphatic heterocycles. The molecule has 0 amide bonds. The van der Waals surface area contributed by atoms with Crippen LogP contribution in [0.3, 0.4) is 0 Å². The zero-order chi connectivity index (χ0) is 11.7. The Morgan fingerprint density at radius 1 is 1.27 bits per heavy atom. The number of esters is 1. The Kier molecular flexibility index (Phi) is 7.91. The fourth-order valence-electron chi connectivity index (χ4n) is 0.988. The van der Waals surface area contributed by atoms with Gasteiger partial charge in [0, 0.05) is 20.1 Å². The van der Waals surface area contributed by atoms with Crippen LogP contribution in [0.2, 0.25) is 0 Å². The van der Waals surface area contributed by atoms with Crippen LogP contribution in [0, 0.1) is 5.92 Å². The van der Waals surface area contributed by atoms with Crippen molar-refractivity contribution in [2.24, 2.45) is 5.92 Å². The van der Waals surface area contributed by atoms with Gasteiger partial charge in [-0.3, -0.25) is 4.79 Å². The number of ether oxygens (including phenoxy) is 2. The molecule has 0 N–H and O–H groups in total. The topological polar surface area (TPSA) is 52.6 Å². The Morgan fingerprint density at radius 2 is 1.93 bits per heavy atom. The molecule has 0 heterocycles. The molecule has 0 aromatic rings. The highest BCUT2D eigenvalue weighted by atomic mass is 16.5. The van der Waals surface area contributed by atoms with Gasteiger partial charge in [-0.25, -0.2) is 0 Å².